The SMILES string of the molecule is CC(=O)C1CC(c2cc(-c3cncn3C)cs2)NS(=O)(=O)N1C. The van der Waals surface area contributed by atoms with E-state index >= 15 is 0 Å². The Morgan fingerprint density at radius 3 is 2.78 bits per heavy atom. The number of hydrogen-bond donors (Lipinski definition) is 1. The summed E-state index contributed by atoms with van der Waals surface area (Å²) in [6, 6.07) is 0.933. The van der Waals surface area contributed by atoms with Crippen molar-refractivity contribution in [1.82, 2.24) is 18.6 Å². The number of nitrogens with one attached hydrogen (secondary N) is 1. The molecule has 9 heteroatoms. The third-order valence-electron chi connectivity index (χ3n) is 4.11. The van der Waals surface area contributed by atoms with Gasteiger partial charge in [0.05, 0.1) is 30.3 Å². The molecule has 0 radical (unpaired) electrons. The molecule has 3 rings (SSSR count). The molecule has 0 bridgehead atoms. The van der Waals surface area contributed by atoms with E-state index < -0.39 is 22.3 Å². The van der Waals surface area contributed by atoms with Crippen LogP contribution in [0.25, 0.3) is 11.3 Å². The molecule has 0 aliphatic carbocycles. The number of hydrogen-bond acceptors (Lipinski definition) is 5. The standard InChI is InChI=1S/C14H18N4O3S2/c1-9(19)12-5-11(16-23(20,21)18(12)3)14-4-10(7-22-14)13-6-15-8-17(13)2/h4,6-8,11-12,16H,5H2,1-3H3. The molecule has 1 aliphatic rings. The topological polar surface area (TPSA) is 84.3 Å². The van der Waals surface area contributed by atoms with Gasteiger partial charge in [-0.05, 0) is 19.4 Å². The average molecular weight is 354 g/mol. The number of carbonyl (C=O) groups excluding carboxylic acids is 1. The van der Waals surface area contributed by atoms with E-state index in [-0.39, 0.29) is 5.78 Å². The van der Waals surface area contributed by atoms with Crippen LogP contribution in [0.5, 0.6) is 0 Å². The molecular formula is C14H18N4O3S2. The normalized spacial score (nSPS) is 24.7. The van der Waals surface area contributed by atoms with Gasteiger partial charge in [-0.3, -0.25) is 4.79 Å². The molecule has 0 spiro atoms. The first-order valence-electron chi connectivity index (χ1n) is 7.10. The minimum absolute atomic E-state index is 0.147. The first-order chi connectivity index (χ1) is 10.8. The van der Waals surface area contributed by atoms with Gasteiger partial charge in [0.2, 0.25) is 0 Å². The van der Waals surface area contributed by atoms with Crippen molar-refractivity contribution < 1.29 is 13.2 Å². The maximum absolute atomic E-state index is 12.2. The lowest BCUT2D eigenvalue weighted by atomic mass is 10.0. The fraction of sp³-hybridized carbons (Fsp3) is 0.429. The van der Waals surface area contributed by atoms with Gasteiger partial charge < -0.3 is 4.57 Å². The summed E-state index contributed by atoms with van der Waals surface area (Å²) in [6.45, 7) is 1.43. The van der Waals surface area contributed by atoms with Crippen molar-refractivity contribution in [3.8, 4) is 11.3 Å². The van der Waals surface area contributed by atoms with Crippen molar-refractivity contribution in [1.29, 1.82) is 0 Å². The quantitative estimate of drug-likeness (QED) is 0.901. The molecule has 23 heavy (non-hydrogen) atoms. The second kappa shape index (κ2) is 5.82. The van der Waals surface area contributed by atoms with Crippen LogP contribution in [0.3, 0.4) is 0 Å². The van der Waals surface area contributed by atoms with Crippen LogP contribution in [-0.4, -0.2) is 41.1 Å². The highest BCUT2D eigenvalue weighted by Gasteiger charge is 2.39. The van der Waals surface area contributed by atoms with E-state index in [1.807, 2.05) is 23.1 Å². The van der Waals surface area contributed by atoms with Crippen molar-refractivity contribution in [2.45, 2.75) is 25.4 Å². The van der Waals surface area contributed by atoms with Gasteiger partial charge in [0, 0.05) is 29.9 Å². The van der Waals surface area contributed by atoms with Gasteiger partial charge in [-0.15, -0.1) is 11.3 Å². The molecule has 2 atom stereocenters. The van der Waals surface area contributed by atoms with E-state index in [0.29, 0.717) is 6.42 Å². The molecule has 1 aliphatic heterocycles. The van der Waals surface area contributed by atoms with E-state index in [1.54, 1.807) is 12.5 Å². The van der Waals surface area contributed by atoms with Crippen molar-refractivity contribution >= 4 is 27.3 Å². The first-order valence-corrected chi connectivity index (χ1v) is 9.42. The summed E-state index contributed by atoms with van der Waals surface area (Å²) in [4.78, 5) is 16.8. The highest BCUT2D eigenvalue weighted by Crippen LogP contribution is 2.34. The molecule has 1 fully saturated rings. The zero-order chi connectivity index (χ0) is 16.8. The summed E-state index contributed by atoms with van der Waals surface area (Å²) < 4.78 is 30.1. The van der Waals surface area contributed by atoms with Gasteiger partial charge in [0.25, 0.3) is 10.2 Å². The van der Waals surface area contributed by atoms with Crippen molar-refractivity contribution in [3.05, 3.63) is 28.8 Å². The van der Waals surface area contributed by atoms with E-state index in [9.17, 15) is 13.2 Å². The summed E-state index contributed by atoms with van der Waals surface area (Å²) in [6.07, 6.45) is 3.91. The van der Waals surface area contributed by atoms with Crippen LogP contribution < -0.4 is 4.72 Å². The summed E-state index contributed by atoms with van der Waals surface area (Å²) in [5.41, 5.74) is 1.95. The second-order valence-corrected chi connectivity index (χ2v) is 8.39. The van der Waals surface area contributed by atoms with Gasteiger partial charge >= 0.3 is 0 Å². The molecule has 2 aromatic rings. The minimum atomic E-state index is -3.65. The highest BCUT2D eigenvalue weighted by atomic mass is 32.2. The number of ketones is 1. The van der Waals surface area contributed by atoms with Crippen LogP contribution in [0.15, 0.2) is 24.0 Å². The van der Waals surface area contributed by atoms with E-state index in [0.717, 1.165) is 20.4 Å². The van der Waals surface area contributed by atoms with E-state index in [1.165, 1.54) is 25.3 Å². The van der Waals surface area contributed by atoms with Crippen LogP contribution in [0.1, 0.15) is 24.3 Å². The first kappa shape index (κ1) is 16.3. The van der Waals surface area contributed by atoms with E-state index in [2.05, 4.69) is 9.71 Å². The number of likely N-dealkylation sites (N-methyl/N-ethyl adjacent to an activating group) is 1. The minimum Gasteiger partial charge on any atom is -0.334 e. The van der Waals surface area contributed by atoms with Crippen LogP contribution >= 0.6 is 11.3 Å². The Kier molecular flexibility index (Phi) is 4.13. The van der Waals surface area contributed by atoms with Crippen molar-refractivity contribution in [2.24, 2.45) is 7.05 Å². The number of imidazole rings is 1. The Morgan fingerprint density at radius 2 is 2.17 bits per heavy atom. The Morgan fingerprint density at radius 1 is 1.43 bits per heavy atom. The molecule has 0 amide bonds. The molecule has 2 unspecified atom stereocenters. The zero-order valence-electron chi connectivity index (χ0n) is 13.1. The van der Waals surface area contributed by atoms with Crippen LogP contribution in [-0.2, 0) is 22.1 Å². The van der Waals surface area contributed by atoms with Crippen LogP contribution in [0.2, 0.25) is 0 Å². The molecule has 0 saturated carbocycles. The molecule has 3 heterocycles. The Balaban J connectivity index is 1.92. The molecule has 1 saturated heterocycles. The third-order valence-corrected chi connectivity index (χ3v) is 6.75. The summed E-state index contributed by atoms with van der Waals surface area (Å²) in [5.74, 6) is -0.147. The molecule has 0 aromatic carbocycles. The number of aromatic nitrogens is 2. The molecule has 7 nitrogen and oxygen atoms in total. The molecule has 124 valence electrons. The largest absolute Gasteiger partial charge is 0.334 e. The number of rotatable bonds is 3. The fourth-order valence-corrected chi connectivity index (χ4v) is 5.11. The predicted octanol–water partition coefficient (Wildman–Crippen LogP) is 1.32. The van der Waals surface area contributed by atoms with Gasteiger partial charge in [0.1, 0.15) is 5.78 Å². The number of carbonyl (C=O) groups is 1. The van der Waals surface area contributed by atoms with E-state index in [4.69, 9.17) is 0 Å². The van der Waals surface area contributed by atoms with Gasteiger partial charge in [-0.2, -0.15) is 17.4 Å². The second-order valence-electron chi connectivity index (χ2n) is 5.68. The fourth-order valence-electron chi connectivity index (χ4n) is 2.75. The molecular weight excluding hydrogens is 336 g/mol. The van der Waals surface area contributed by atoms with Crippen LogP contribution in [0, 0.1) is 0 Å². The summed E-state index contributed by atoms with van der Waals surface area (Å²) in [7, 11) is -0.317. The highest BCUT2D eigenvalue weighted by molar-refractivity contribution is 7.87. The maximum Gasteiger partial charge on any atom is 0.280 e. The van der Waals surface area contributed by atoms with Gasteiger partial charge in [0.15, 0.2) is 0 Å². The maximum atomic E-state index is 12.2. The number of nitrogens with zero attached hydrogens (tertiary/aromatic N) is 3. The third kappa shape index (κ3) is 2.97. The Hall–Kier alpha value is -1.55. The zero-order valence-corrected chi connectivity index (χ0v) is 14.7. The lowest BCUT2D eigenvalue weighted by Gasteiger charge is -2.35. The Bertz CT molecular complexity index is 840. The lowest BCUT2D eigenvalue weighted by molar-refractivity contribution is -0.121. The average Bonchev–Trinajstić information content (AvgIpc) is 3.09. The monoisotopic (exact) mass is 354 g/mol. The lowest BCUT2D eigenvalue weighted by Crippen LogP contribution is -2.54. The summed E-state index contributed by atoms with van der Waals surface area (Å²) in [5, 5.41) is 1.97. The molecule has 2 aromatic heterocycles. The molecule has 1 N–H and O–H groups in total. The van der Waals surface area contributed by atoms with Crippen LogP contribution in [0.4, 0.5) is 0 Å². The van der Waals surface area contributed by atoms with Gasteiger partial charge in [-0.25, -0.2) is 4.98 Å². The van der Waals surface area contributed by atoms with Gasteiger partial charge in [-0.1, -0.05) is 0 Å². The Labute approximate surface area is 139 Å². The smallest absolute Gasteiger partial charge is 0.280 e. The predicted molar refractivity (Wildman–Crippen MR) is 88.2 cm³/mol. The number of aryl methyl sites for hydroxylation is 1. The van der Waals surface area contributed by atoms with Crippen molar-refractivity contribution in [2.75, 3.05) is 7.05 Å². The number of Topliss-reactive ketones (excluding diaryl/α,β-unsaturated/α-hetero) is 1. The summed E-state index contributed by atoms with van der Waals surface area (Å²) >= 11 is 1.48. The number of thiophene rings is 1. The van der Waals surface area contributed by atoms with Crippen molar-refractivity contribution in [3.63, 3.8) is 0 Å².